The predicted molar refractivity (Wildman–Crippen MR) is 116 cm³/mol. The van der Waals surface area contributed by atoms with Gasteiger partial charge in [-0.25, -0.2) is 4.98 Å². The van der Waals surface area contributed by atoms with Crippen LogP contribution in [0.2, 0.25) is 0 Å². The van der Waals surface area contributed by atoms with Crippen LogP contribution in [-0.4, -0.2) is 15.8 Å². The number of nitrogens with one attached hydrogen (secondary N) is 1. The monoisotopic (exact) mass is 403 g/mol. The van der Waals surface area contributed by atoms with E-state index in [4.69, 9.17) is 0 Å². The number of nitrogens with zero attached hydrogens (tertiary/aromatic N) is 2. The van der Waals surface area contributed by atoms with Crippen LogP contribution in [0.25, 0.3) is 20.8 Å². The number of carbonyl (C=O) groups excluding carboxylic acids is 1. The van der Waals surface area contributed by atoms with Crippen molar-refractivity contribution in [3.05, 3.63) is 87.5 Å². The Kier molecular flexibility index (Phi) is 4.82. The Labute approximate surface area is 171 Å². The Hall–Kier alpha value is -3.58. The summed E-state index contributed by atoms with van der Waals surface area (Å²) in [5.74, 6) is -0.307. The van der Waals surface area contributed by atoms with E-state index in [0.717, 1.165) is 26.4 Å². The molecule has 0 aliphatic rings. The second-order valence-electron chi connectivity index (χ2n) is 6.73. The molecule has 7 heteroatoms. The third kappa shape index (κ3) is 3.72. The van der Waals surface area contributed by atoms with Gasteiger partial charge in [0.25, 0.3) is 11.6 Å². The van der Waals surface area contributed by atoms with Crippen LogP contribution in [0.15, 0.2) is 60.7 Å². The first-order chi connectivity index (χ1) is 13.9. The molecule has 0 atom stereocenters. The number of fused-ring (bicyclic) bond motifs is 1. The zero-order valence-electron chi connectivity index (χ0n) is 15.8. The second kappa shape index (κ2) is 7.44. The topological polar surface area (TPSA) is 85.1 Å². The van der Waals surface area contributed by atoms with E-state index in [1.54, 1.807) is 18.3 Å². The molecule has 0 aliphatic heterocycles. The fraction of sp³-hybridized carbons (Fsp3) is 0.0909. The van der Waals surface area contributed by atoms with E-state index in [0.29, 0.717) is 16.8 Å². The Bertz CT molecular complexity index is 1230. The van der Waals surface area contributed by atoms with Gasteiger partial charge in [-0.1, -0.05) is 12.1 Å². The van der Waals surface area contributed by atoms with Crippen molar-refractivity contribution in [2.75, 3.05) is 5.32 Å². The van der Waals surface area contributed by atoms with Crippen molar-refractivity contribution in [2.24, 2.45) is 0 Å². The predicted octanol–water partition coefficient (Wildman–Crippen LogP) is 5.74. The zero-order valence-corrected chi connectivity index (χ0v) is 16.6. The van der Waals surface area contributed by atoms with E-state index < -0.39 is 4.92 Å². The van der Waals surface area contributed by atoms with E-state index in [1.807, 2.05) is 49.4 Å². The molecule has 0 aliphatic carbocycles. The molecule has 144 valence electrons. The first-order valence-electron chi connectivity index (χ1n) is 8.95. The normalized spacial score (nSPS) is 10.8. The van der Waals surface area contributed by atoms with Crippen molar-refractivity contribution < 1.29 is 9.72 Å². The molecule has 29 heavy (non-hydrogen) atoms. The van der Waals surface area contributed by atoms with Gasteiger partial charge in [-0.15, -0.1) is 11.3 Å². The molecule has 6 nitrogen and oxygen atoms in total. The summed E-state index contributed by atoms with van der Waals surface area (Å²) in [7, 11) is 0. The minimum Gasteiger partial charge on any atom is -0.322 e. The van der Waals surface area contributed by atoms with Gasteiger partial charge in [0.2, 0.25) is 0 Å². The standard InChI is InChI=1S/C22H17N3O3S/c1-13-11-16(22-24-18-5-3-4-6-20(18)29-22)7-9-17(13)23-21(26)15-8-10-19(25(27)28)14(2)12-15/h3-12H,1-2H3,(H,23,26). The summed E-state index contributed by atoms with van der Waals surface area (Å²) in [4.78, 5) is 27.7. The number of carbonyl (C=O) groups is 1. The lowest BCUT2D eigenvalue weighted by Crippen LogP contribution is -2.13. The SMILES string of the molecule is Cc1cc(-c2nc3ccccc3s2)ccc1NC(=O)c1ccc([N+](=O)[O-])c(C)c1. The number of nitro groups is 1. The minimum absolute atomic E-state index is 0.00193. The number of nitro benzene ring substituents is 1. The molecule has 0 bridgehead atoms. The van der Waals surface area contributed by atoms with Crippen molar-refractivity contribution in [3.63, 3.8) is 0 Å². The van der Waals surface area contributed by atoms with E-state index in [9.17, 15) is 14.9 Å². The number of rotatable bonds is 4. The number of aryl methyl sites for hydroxylation is 2. The van der Waals surface area contributed by atoms with E-state index >= 15 is 0 Å². The number of anilines is 1. The number of thiazole rings is 1. The third-order valence-corrected chi connectivity index (χ3v) is 5.76. The van der Waals surface area contributed by atoms with Crippen LogP contribution in [0, 0.1) is 24.0 Å². The minimum atomic E-state index is -0.456. The van der Waals surface area contributed by atoms with Crippen LogP contribution in [-0.2, 0) is 0 Å². The van der Waals surface area contributed by atoms with Gasteiger partial charge in [-0.3, -0.25) is 14.9 Å². The molecule has 0 fully saturated rings. The fourth-order valence-corrected chi connectivity index (χ4v) is 4.09. The van der Waals surface area contributed by atoms with Gasteiger partial charge in [-0.2, -0.15) is 0 Å². The van der Waals surface area contributed by atoms with Gasteiger partial charge in [0.05, 0.1) is 15.1 Å². The number of para-hydroxylation sites is 1. The Morgan fingerprint density at radius 3 is 2.52 bits per heavy atom. The van der Waals surface area contributed by atoms with Crippen LogP contribution in [0.1, 0.15) is 21.5 Å². The van der Waals surface area contributed by atoms with Crippen LogP contribution < -0.4 is 5.32 Å². The molecule has 1 amide bonds. The quantitative estimate of drug-likeness (QED) is 0.348. The number of amides is 1. The molecule has 0 radical (unpaired) electrons. The summed E-state index contributed by atoms with van der Waals surface area (Å²) in [5.41, 5.74) is 4.39. The molecule has 4 aromatic rings. The Morgan fingerprint density at radius 2 is 1.83 bits per heavy atom. The first kappa shape index (κ1) is 18.8. The van der Waals surface area contributed by atoms with E-state index in [2.05, 4.69) is 10.3 Å². The third-order valence-electron chi connectivity index (χ3n) is 4.67. The lowest BCUT2D eigenvalue weighted by Gasteiger charge is -2.10. The first-order valence-corrected chi connectivity index (χ1v) is 9.77. The molecule has 1 heterocycles. The molecule has 0 unspecified atom stereocenters. The molecule has 1 N–H and O–H groups in total. The van der Waals surface area contributed by atoms with Gasteiger partial charge in [0.1, 0.15) is 5.01 Å². The van der Waals surface area contributed by atoms with Crippen molar-refractivity contribution in [2.45, 2.75) is 13.8 Å². The van der Waals surface area contributed by atoms with Gasteiger partial charge in [-0.05, 0) is 61.9 Å². The maximum atomic E-state index is 12.6. The van der Waals surface area contributed by atoms with Crippen LogP contribution in [0.4, 0.5) is 11.4 Å². The lowest BCUT2D eigenvalue weighted by atomic mass is 10.1. The van der Waals surface area contributed by atoms with Gasteiger partial charge in [0, 0.05) is 28.4 Å². The number of hydrogen-bond acceptors (Lipinski definition) is 5. The summed E-state index contributed by atoms with van der Waals surface area (Å²) in [6, 6.07) is 18.1. The summed E-state index contributed by atoms with van der Waals surface area (Å²) >= 11 is 1.63. The molecule has 3 aromatic carbocycles. The van der Waals surface area contributed by atoms with Crippen molar-refractivity contribution in [3.8, 4) is 10.6 Å². The Balaban J connectivity index is 1.57. The van der Waals surface area contributed by atoms with Crippen LogP contribution >= 0.6 is 11.3 Å². The van der Waals surface area contributed by atoms with E-state index in [-0.39, 0.29) is 11.6 Å². The summed E-state index contributed by atoms with van der Waals surface area (Å²) in [6.45, 7) is 3.54. The molecular weight excluding hydrogens is 386 g/mol. The molecule has 0 saturated carbocycles. The molecule has 1 aromatic heterocycles. The van der Waals surface area contributed by atoms with E-state index in [1.165, 1.54) is 18.2 Å². The average molecular weight is 403 g/mol. The largest absolute Gasteiger partial charge is 0.322 e. The van der Waals surface area contributed by atoms with Gasteiger partial charge >= 0.3 is 0 Å². The highest BCUT2D eigenvalue weighted by Gasteiger charge is 2.15. The lowest BCUT2D eigenvalue weighted by molar-refractivity contribution is -0.385. The maximum Gasteiger partial charge on any atom is 0.272 e. The van der Waals surface area contributed by atoms with Crippen molar-refractivity contribution in [1.82, 2.24) is 4.98 Å². The van der Waals surface area contributed by atoms with Crippen LogP contribution in [0.5, 0.6) is 0 Å². The number of aromatic nitrogens is 1. The number of hydrogen-bond donors (Lipinski definition) is 1. The zero-order chi connectivity index (χ0) is 20.5. The van der Waals surface area contributed by atoms with Gasteiger partial charge < -0.3 is 5.32 Å². The average Bonchev–Trinajstić information content (AvgIpc) is 3.13. The summed E-state index contributed by atoms with van der Waals surface area (Å²) in [6.07, 6.45) is 0. The fourth-order valence-electron chi connectivity index (χ4n) is 3.13. The smallest absolute Gasteiger partial charge is 0.272 e. The molecular formula is C22H17N3O3S. The molecule has 0 saturated heterocycles. The summed E-state index contributed by atoms with van der Waals surface area (Å²) < 4.78 is 1.13. The molecule has 0 spiro atoms. The van der Waals surface area contributed by atoms with Crippen molar-refractivity contribution >= 4 is 38.8 Å². The molecule has 4 rings (SSSR count). The second-order valence-corrected chi connectivity index (χ2v) is 7.76. The summed E-state index contributed by atoms with van der Waals surface area (Å²) in [5, 5.41) is 14.8. The Morgan fingerprint density at radius 1 is 1.03 bits per heavy atom. The highest BCUT2D eigenvalue weighted by Crippen LogP contribution is 2.32. The number of benzene rings is 3. The van der Waals surface area contributed by atoms with Gasteiger partial charge in [0.15, 0.2) is 0 Å². The highest BCUT2D eigenvalue weighted by molar-refractivity contribution is 7.21. The van der Waals surface area contributed by atoms with Crippen LogP contribution in [0.3, 0.4) is 0 Å². The van der Waals surface area contributed by atoms with Crippen molar-refractivity contribution in [1.29, 1.82) is 0 Å². The highest BCUT2D eigenvalue weighted by atomic mass is 32.1. The maximum absolute atomic E-state index is 12.6.